The van der Waals surface area contributed by atoms with Crippen molar-refractivity contribution in [2.45, 2.75) is 19.9 Å². The number of hydrogen-bond acceptors (Lipinski definition) is 2. The van der Waals surface area contributed by atoms with Crippen LogP contribution in [0.2, 0.25) is 0 Å². The summed E-state index contributed by atoms with van der Waals surface area (Å²) in [6.45, 7) is 4.96. The first-order chi connectivity index (χ1) is 8.82. The van der Waals surface area contributed by atoms with Gasteiger partial charge >= 0.3 is 0 Å². The molecule has 0 spiro atoms. The van der Waals surface area contributed by atoms with E-state index < -0.39 is 0 Å². The van der Waals surface area contributed by atoms with Crippen molar-refractivity contribution in [3.05, 3.63) is 32.7 Å². The predicted octanol–water partition coefficient (Wildman–Crippen LogP) is 3.53. The molecule has 0 aliphatic carbocycles. The zero-order chi connectivity index (χ0) is 14.6. The maximum absolute atomic E-state index is 12.2. The topological polar surface area (TPSA) is 32.3 Å². The van der Waals surface area contributed by atoms with E-state index in [1.165, 1.54) is 0 Å². The summed E-state index contributed by atoms with van der Waals surface area (Å²) < 4.78 is 1.70. The third kappa shape index (κ3) is 4.89. The van der Waals surface area contributed by atoms with Crippen molar-refractivity contribution < 1.29 is 4.79 Å². The minimum Gasteiger partial charge on any atom is -0.350 e. The van der Waals surface area contributed by atoms with Gasteiger partial charge in [0.05, 0.1) is 5.56 Å². The van der Waals surface area contributed by atoms with Crippen LogP contribution in [0.4, 0.5) is 0 Å². The number of carbonyl (C=O) groups is 1. The molecule has 0 heterocycles. The van der Waals surface area contributed by atoms with Gasteiger partial charge in [0, 0.05) is 21.5 Å². The highest BCUT2D eigenvalue weighted by molar-refractivity contribution is 9.11. The molecule has 5 heteroatoms. The zero-order valence-corrected chi connectivity index (χ0v) is 14.9. The van der Waals surface area contributed by atoms with E-state index in [2.05, 4.69) is 55.9 Å². The van der Waals surface area contributed by atoms with E-state index in [1.807, 2.05) is 32.3 Å². The summed E-state index contributed by atoms with van der Waals surface area (Å²) in [5.41, 5.74) is 0.649. The maximum atomic E-state index is 12.2. The van der Waals surface area contributed by atoms with Gasteiger partial charge in [-0.05, 0) is 54.1 Å². The third-order valence-electron chi connectivity index (χ3n) is 3.08. The number of likely N-dealkylation sites (N-methyl/N-ethyl adjacent to an activating group) is 1. The summed E-state index contributed by atoms with van der Waals surface area (Å²) in [6, 6.07) is 5.91. The van der Waals surface area contributed by atoms with E-state index in [1.54, 1.807) is 0 Å². The van der Waals surface area contributed by atoms with Gasteiger partial charge in [-0.3, -0.25) is 4.79 Å². The van der Waals surface area contributed by atoms with Crippen molar-refractivity contribution in [3.8, 4) is 0 Å². The number of nitrogens with one attached hydrogen (secondary N) is 1. The number of nitrogens with zero attached hydrogens (tertiary/aromatic N) is 1. The van der Waals surface area contributed by atoms with Crippen molar-refractivity contribution in [2.24, 2.45) is 5.92 Å². The van der Waals surface area contributed by atoms with E-state index in [4.69, 9.17) is 0 Å². The molecule has 0 aliphatic rings. The van der Waals surface area contributed by atoms with Gasteiger partial charge < -0.3 is 10.2 Å². The molecule has 1 unspecified atom stereocenters. The van der Waals surface area contributed by atoms with Gasteiger partial charge in [-0.1, -0.05) is 29.8 Å². The van der Waals surface area contributed by atoms with Gasteiger partial charge in [-0.15, -0.1) is 0 Å². The molecule has 0 saturated carbocycles. The molecule has 0 saturated heterocycles. The van der Waals surface area contributed by atoms with Crippen molar-refractivity contribution in [3.63, 3.8) is 0 Å². The molecule has 1 atom stereocenters. The lowest BCUT2D eigenvalue weighted by atomic mass is 10.0. The SMILES string of the molecule is CC(C)C(CNC(=O)c1cc(Br)ccc1Br)N(C)C. The number of halogens is 2. The normalized spacial score (nSPS) is 12.8. The van der Waals surface area contributed by atoms with Crippen LogP contribution in [0.25, 0.3) is 0 Å². The molecule has 0 fully saturated rings. The summed E-state index contributed by atoms with van der Waals surface area (Å²) in [4.78, 5) is 14.3. The molecule has 1 aromatic rings. The fourth-order valence-electron chi connectivity index (χ4n) is 1.98. The standard InChI is InChI=1S/C14H20Br2N2O/c1-9(2)13(18(3)4)8-17-14(19)11-7-10(15)5-6-12(11)16/h5-7,9,13H,8H2,1-4H3,(H,17,19). The molecule has 1 amide bonds. The molecule has 1 rings (SSSR count). The second-order valence-corrected chi connectivity index (χ2v) is 6.88. The van der Waals surface area contributed by atoms with Crippen LogP contribution in [0, 0.1) is 5.92 Å². The smallest absolute Gasteiger partial charge is 0.252 e. The second-order valence-electron chi connectivity index (χ2n) is 5.11. The lowest BCUT2D eigenvalue weighted by molar-refractivity contribution is 0.0934. The second kappa shape index (κ2) is 7.41. The molecule has 1 N–H and O–H groups in total. The van der Waals surface area contributed by atoms with Gasteiger partial charge in [-0.25, -0.2) is 0 Å². The van der Waals surface area contributed by atoms with E-state index in [-0.39, 0.29) is 5.91 Å². The predicted molar refractivity (Wildman–Crippen MR) is 86.5 cm³/mol. The number of rotatable bonds is 5. The van der Waals surface area contributed by atoms with Gasteiger partial charge in [-0.2, -0.15) is 0 Å². The lowest BCUT2D eigenvalue weighted by Gasteiger charge is -2.28. The Bertz CT molecular complexity index is 439. The Balaban J connectivity index is 2.72. The Kier molecular flexibility index (Phi) is 6.50. The first kappa shape index (κ1) is 16.7. The minimum absolute atomic E-state index is 0.0549. The summed E-state index contributed by atoms with van der Waals surface area (Å²) in [5.74, 6) is 0.432. The number of hydrogen-bond donors (Lipinski definition) is 1. The maximum Gasteiger partial charge on any atom is 0.252 e. The molecule has 0 aromatic heterocycles. The first-order valence-corrected chi connectivity index (χ1v) is 7.81. The van der Waals surface area contributed by atoms with Crippen LogP contribution in [0.5, 0.6) is 0 Å². The van der Waals surface area contributed by atoms with Gasteiger partial charge in [0.15, 0.2) is 0 Å². The van der Waals surface area contributed by atoms with Gasteiger partial charge in [0.1, 0.15) is 0 Å². The molecule has 106 valence electrons. The molecule has 19 heavy (non-hydrogen) atoms. The molecule has 0 radical (unpaired) electrons. The Hall–Kier alpha value is -0.390. The molecular formula is C14H20Br2N2O. The average molecular weight is 392 g/mol. The Morgan fingerprint density at radius 2 is 1.95 bits per heavy atom. The van der Waals surface area contributed by atoms with Gasteiger partial charge in [0.2, 0.25) is 0 Å². The largest absolute Gasteiger partial charge is 0.350 e. The monoisotopic (exact) mass is 390 g/mol. The van der Waals surface area contributed by atoms with Gasteiger partial charge in [0.25, 0.3) is 5.91 Å². The number of amides is 1. The zero-order valence-electron chi connectivity index (χ0n) is 11.7. The van der Waals surface area contributed by atoms with Crippen molar-refractivity contribution in [2.75, 3.05) is 20.6 Å². The van der Waals surface area contributed by atoms with E-state index in [0.29, 0.717) is 24.1 Å². The van der Waals surface area contributed by atoms with Crippen LogP contribution in [-0.4, -0.2) is 37.5 Å². The molecule has 1 aromatic carbocycles. The van der Waals surface area contributed by atoms with E-state index in [9.17, 15) is 4.79 Å². The molecule has 3 nitrogen and oxygen atoms in total. The van der Waals surface area contributed by atoms with E-state index in [0.717, 1.165) is 8.95 Å². The van der Waals surface area contributed by atoms with Crippen LogP contribution in [-0.2, 0) is 0 Å². The average Bonchev–Trinajstić information content (AvgIpc) is 2.31. The fraction of sp³-hybridized carbons (Fsp3) is 0.500. The fourth-order valence-corrected chi connectivity index (χ4v) is 2.77. The Morgan fingerprint density at radius 1 is 1.32 bits per heavy atom. The number of carbonyl (C=O) groups excluding carboxylic acids is 1. The minimum atomic E-state index is -0.0549. The van der Waals surface area contributed by atoms with E-state index >= 15 is 0 Å². The van der Waals surface area contributed by atoms with Crippen LogP contribution in [0.3, 0.4) is 0 Å². The third-order valence-corrected chi connectivity index (χ3v) is 4.26. The van der Waals surface area contributed by atoms with Crippen molar-refractivity contribution >= 4 is 37.8 Å². The number of benzene rings is 1. The van der Waals surface area contributed by atoms with Crippen molar-refractivity contribution in [1.29, 1.82) is 0 Å². The first-order valence-electron chi connectivity index (χ1n) is 6.22. The molecule has 0 aliphatic heterocycles. The van der Waals surface area contributed by atoms with Crippen LogP contribution < -0.4 is 5.32 Å². The quantitative estimate of drug-likeness (QED) is 0.832. The lowest BCUT2D eigenvalue weighted by Crippen LogP contribution is -2.43. The highest BCUT2D eigenvalue weighted by Gasteiger charge is 2.18. The van der Waals surface area contributed by atoms with Crippen LogP contribution in [0.15, 0.2) is 27.1 Å². The molecule has 0 bridgehead atoms. The van der Waals surface area contributed by atoms with Crippen LogP contribution >= 0.6 is 31.9 Å². The Labute approximate surface area is 132 Å². The Morgan fingerprint density at radius 3 is 2.47 bits per heavy atom. The molecular weight excluding hydrogens is 372 g/mol. The highest BCUT2D eigenvalue weighted by atomic mass is 79.9. The summed E-state index contributed by atoms with van der Waals surface area (Å²) >= 11 is 6.79. The highest BCUT2D eigenvalue weighted by Crippen LogP contribution is 2.21. The summed E-state index contributed by atoms with van der Waals surface area (Å²) in [6.07, 6.45) is 0. The summed E-state index contributed by atoms with van der Waals surface area (Å²) in [7, 11) is 4.07. The van der Waals surface area contributed by atoms with Crippen LogP contribution in [0.1, 0.15) is 24.2 Å². The summed E-state index contributed by atoms with van der Waals surface area (Å²) in [5, 5.41) is 3.00. The van der Waals surface area contributed by atoms with Crippen molar-refractivity contribution in [1.82, 2.24) is 10.2 Å².